The second-order valence-corrected chi connectivity index (χ2v) is 6.08. The first kappa shape index (κ1) is 16.5. The summed E-state index contributed by atoms with van der Waals surface area (Å²) in [4.78, 5) is 0. The first-order chi connectivity index (χ1) is 10.2. The van der Waals surface area contributed by atoms with Crippen molar-refractivity contribution in [2.75, 3.05) is 19.8 Å². The fraction of sp³-hybridized carbons (Fsp3) is 0.667. The Hall–Kier alpha value is -0.900. The van der Waals surface area contributed by atoms with Crippen molar-refractivity contribution in [2.45, 2.75) is 58.3 Å². The lowest BCUT2D eigenvalue weighted by Crippen LogP contribution is -2.37. The third-order valence-electron chi connectivity index (χ3n) is 3.90. The molecule has 1 aromatic rings. The van der Waals surface area contributed by atoms with Crippen molar-refractivity contribution in [1.82, 2.24) is 5.32 Å². The van der Waals surface area contributed by atoms with Crippen molar-refractivity contribution in [1.29, 1.82) is 0 Å². The quantitative estimate of drug-likeness (QED) is 0.795. The van der Waals surface area contributed by atoms with Gasteiger partial charge in [-0.05, 0) is 50.8 Å². The smallest absolute Gasteiger partial charge is 0.0843 e. The molecule has 0 fully saturated rings. The van der Waals surface area contributed by atoms with Gasteiger partial charge in [0, 0.05) is 6.04 Å². The van der Waals surface area contributed by atoms with Crippen LogP contribution in [0.4, 0.5) is 0 Å². The van der Waals surface area contributed by atoms with Gasteiger partial charge in [-0.15, -0.1) is 0 Å². The van der Waals surface area contributed by atoms with Crippen LogP contribution in [0.2, 0.25) is 0 Å². The molecule has 0 bridgehead atoms. The van der Waals surface area contributed by atoms with E-state index in [-0.39, 0.29) is 12.2 Å². The Morgan fingerprint density at radius 2 is 2.14 bits per heavy atom. The Morgan fingerprint density at radius 3 is 2.90 bits per heavy atom. The van der Waals surface area contributed by atoms with Crippen LogP contribution in [0.25, 0.3) is 0 Å². The molecular weight excluding hydrogens is 262 g/mol. The van der Waals surface area contributed by atoms with E-state index in [0.29, 0.717) is 6.04 Å². The van der Waals surface area contributed by atoms with Crippen LogP contribution in [0, 0.1) is 0 Å². The number of hydrogen-bond donors (Lipinski definition) is 1. The summed E-state index contributed by atoms with van der Waals surface area (Å²) in [6.45, 7) is 8.97. The minimum atomic E-state index is 0.195. The van der Waals surface area contributed by atoms with Crippen molar-refractivity contribution in [3.8, 4) is 0 Å². The van der Waals surface area contributed by atoms with E-state index in [9.17, 15) is 0 Å². The molecule has 0 spiro atoms. The molecule has 2 rings (SSSR count). The van der Waals surface area contributed by atoms with Crippen molar-refractivity contribution < 1.29 is 9.47 Å². The highest BCUT2D eigenvalue weighted by Crippen LogP contribution is 2.30. The Kier molecular flexibility index (Phi) is 6.68. The molecule has 0 aliphatic carbocycles. The molecule has 0 radical (unpaired) electrons. The second kappa shape index (κ2) is 8.52. The van der Waals surface area contributed by atoms with Crippen LogP contribution < -0.4 is 5.32 Å². The molecule has 0 saturated heterocycles. The molecule has 0 saturated carbocycles. The van der Waals surface area contributed by atoms with Crippen LogP contribution in [0.3, 0.4) is 0 Å². The van der Waals surface area contributed by atoms with Crippen molar-refractivity contribution in [3.63, 3.8) is 0 Å². The summed E-state index contributed by atoms with van der Waals surface area (Å²) in [7, 11) is 0. The molecule has 2 unspecified atom stereocenters. The van der Waals surface area contributed by atoms with Gasteiger partial charge in [0.05, 0.1) is 25.4 Å². The lowest BCUT2D eigenvalue weighted by molar-refractivity contribution is 0.00800. The van der Waals surface area contributed by atoms with Crippen molar-refractivity contribution >= 4 is 0 Å². The third kappa shape index (κ3) is 5.10. The molecule has 1 aromatic carbocycles. The summed E-state index contributed by atoms with van der Waals surface area (Å²) in [6.07, 6.45) is 3.61. The zero-order chi connectivity index (χ0) is 15.1. The van der Waals surface area contributed by atoms with E-state index in [4.69, 9.17) is 9.47 Å². The maximum Gasteiger partial charge on any atom is 0.0843 e. The molecule has 0 aromatic heterocycles. The number of nitrogens with one attached hydrogen (secondary N) is 1. The van der Waals surface area contributed by atoms with Gasteiger partial charge < -0.3 is 14.8 Å². The number of rotatable bonds is 8. The Balaban J connectivity index is 1.99. The van der Waals surface area contributed by atoms with Gasteiger partial charge in [0.2, 0.25) is 0 Å². The molecule has 1 aliphatic rings. The molecule has 1 aliphatic heterocycles. The maximum atomic E-state index is 6.03. The molecule has 1 heterocycles. The van der Waals surface area contributed by atoms with E-state index in [1.54, 1.807) is 0 Å². The third-order valence-corrected chi connectivity index (χ3v) is 3.90. The number of ether oxygens (including phenoxy) is 2. The van der Waals surface area contributed by atoms with E-state index >= 15 is 0 Å². The highest BCUT2D eigenvalue weighted by molar-refractivity contribution is 5.31. The molecule has 2 atom stereocenters. The Morgan fingerprint density at radius 1 is 1.33 bits per heavy atom. The Labute approximate surface area is 129 Å². The van der Waals surface area contributed by atoms with Gasteiger partial charge in [0.15, 0.2) is 0 Å². The lowest BCUT2D eigenvalue weighted by Gasteiger charge is -2.30. The summed E-state index contributed by atoms with van der Waals surface area (Å²) in [5, 5.41) is 3.60. The van der Waals surface area contributed by atoms with Gasteiger partial charge >= 0.3 is 0 Å². The molecule has 3 heteroatoms. The minimum Gasteiger partial charge on any atom is -0.377 e. The van der Waals surface area contributed by atoms with Gasteiger partial charge in [-0.25, -0.2) is 0 Å². The number of benzene rings is 1. The number of fused-ring (bicyclic) bond motifs is 1. The Bertz CT molecular complexity index is 419. The fourth-order valence-electron chi connectivity index (χ4n) is 2.80. The summed E-state index contributed by atoms with van der Waals surface area (Å²) < 4.78 is 11.8. The van der Waals surface area contributed by atoms with E-state index < -0.39 is 0 Å². The van der Waals surface area contributed by atoms with E-state index in [1.165, 1.54) is 11.1 Å². The van der Waals surface area contributed by atoms with E-state index in [0.717, 1.165) is 39.0 Å². The van der Waals surface area contributed by atoms with Gasteiger partial charge in [-0.1, -0.05) is 31.2 Å². The van der Waals surface area contributed by atoms with Gasteiger partial charge in [0.25, 0.3) is 0 Å². The van der Waals surface area contributed by atoms with Crippen molar-refractivity contribution in [3.05, 3.63) is 35.4 Å². The number of hydrogen-bond acceptors (Lipinski definition) is 3. The lowest BCUT2D eigenvalue weighted by atomic mass is 9.93. The van der Waals surface area contributed by atoms with Crippen LogP contribution >= 0.6 is 0 Å². The van der Waals surface area contributed by atoms with Crippen molar-refractivity contribution in [2.24, 2.45) is 0 Å². The average molecular weight is 291 g/mol. The summed E-state index contributed by atoms with van der Waals surface area (Å²) in [6, 6.07) is 9.02. The van der Waals surface area contributed by atoms with Crippen LogP contribution in [0.15, 0.2) is 24.3 Å². The highest BCUT2D eigenvalue weighted by atomic mass is 16.5. The average Bonchev–Trinajstić information content (AvgIpc) is 2.50. The second-order valence-electron chi connectivity index (χ2n) is 6.08. The predicted octanol–water partition coefficient (Wildman–Crippen LogP) is 3.48. The van der Waals surface area contributed by atoms with Crippen LogP contribution in [-0.4, -0.2) is 31.9 Å². The molecule has 3 nitrogen and oxygen atoms in total. The van der Waals surface area contributed by atoms with Crippen LogP contribution in [0.5, 0.6) is 0 Å². The summed E-state index contributed by atoms with van der Waals surface area (Å²) >= 11 is 0. The molecular formula is C18H29NO2. The normalized spacial score (nSPS) is 19.5. The fourth-order valence-corrected chi connectivity index (χ4v) is 2.80. The van der Waals surface area contributed by atoms with Gasteiger partial charge in [0.1, 0.15) is 0 Å². The zero-order valence-corrected chi connectivity index (χ0v) is 13.6. The largest absolute Gasteiger partial charge is 0.377 e. The molecule has 21 heavy (non-hydrogen) atoms. The monoisotopic (exact) mass is 291 g/mol. The van der Waals surface area contributed by atoms with E-state index in [1.807, 2.05) is 0 Å². The molecule has 0 amide bonds. The predicted molar refractivity (Wildman–Crippen MR) is 86.6 cm³/mol. The SMILES string of the molecule is CCCNC(COC(C)C)CC1OCCc2ccccc21. The first-order valence-corrected chi connectivity index (χ1v) is 8.25. The maximum absolute atomic E-state index is 6.03. The molecule has 118 valence electrons. The summed E-state index contributed by atoms with van der Waals surface area (Å²) in [5.74, 6) is 0. The van der Waals surface area contributed by atoms with Gasteiger partial charge in [-0.3, -0.25) is 0 Å². The van der Waals surface area contributed by atoms with Crippen LogP contribution in [0.1, 0.15) is 50.8 Å². The first-order valence-electron chi connectivity index (χ1n) is 8.25. The molecule has 1 N–H and O–H groups in total. The minimum absolute atomic E-state index is 0.195. The van der Waals surface area contributed by atoms with Crippen LogP contribution in [-0.2, 0) is 15.9 Å². The zero-order valence-electron chi connectivity index (χ0n) is 13.6. The highest BCUT2D eigenvalue weighted by Gasteiger charge is 2.24. The summed E-state index contributed by atoms with van der Waals surface area (Å²) in [5.41, 5.74) is 2.80. The van der Waals surface area contributed by atoms with Gasteiger partial charge in [-0.2, -0.15) is 0 Å². The standard InChI is InChI=1S/C18H29NO2/c1-4-10-19-16(13-21-14(2)3)12-18-17-8-6-5-7-15(17)9-11-20-18/h5-8,14,16,18-19H,4,9-13H2,1-3H3. The topological polar surface area (TPSA) is 30.5 Å². The van der Waals surface area contributed by atoms with E-state index in [2.05, 4.69) is 50.4 Å².